The van der Waals surface area contributed by atoms with Gasteiger partial charge in [0.25, 0.3) is 5.91 Å². The van der Waals surface area contributed by atoms with Crippen molar-refractivity contribution in [2.45, 2.75) is 24.1 Å². The van der Waals surface area contributed by atoms with Gasteiger partial charge in [0.1, 0.15) is 11.3 Å². The van der Waals surface area contributed by atoms with Crippen molar-refractivity contribution in [1.82, 2.24) is 14.9 Å². The number of carbonyl (C=O) groups is 1. The molecular weight excluding hydrogens is 436 g/mol. The molecule has 0 aliphatic carbocycles. The minimum absolute atomic E-state index is 0.0671. The first-order chi connectivity index (χ1) is 15.5. The molecule has 0 bridgehead atoms. The summed E-state index contributed by atoms with van der Waals surface area (Å²) in [5.74, 6) is 0.515. The largest absolute Gasteiger partial charge is 0.451 e. The number of aromatic nitrogens is 2. The first-order valence-electron chi connectivity index (χ1n) is 9.70. The molecule has 2 aromatic carbocycles. The molecule has 0 unspecified atom stereocenters. The zero-order valence-corrected chi connectivity index (χ0v) is 17.9. The Kier molecular flexibility index (Phi) is 6.65. The second-order valence-corrected chi connectivity index (χ2v) is 7.85. The van der Waals surface area contributed by atoms with E-state index >= 15 is 0 Å². The van der Waals surface area contributed by atoms with Crippen molar-refractivity contribution < 1.29 is 22.7 Å². The number of fused-ring (bicyclic) bond motifs is 1. The van der Waals surface area contributed by atoms with Crippen LogP contribution in [0.2, 0.25) is 0 Å². The second kappa shape index (κ2) is 9.78. The third-order valence-electron chi connectivity index (χ3n) is 4.70. The highest BCUT2D eigenvalue weighted by Crippen LogP contribution is 2.32. The molecule has 0 aliphatic rings. The third kappa shape index (κ3) is 5.05. The van der Waals surface area contributed by atoms with Crippen LogP contribution in [0, 0.1) is 0 Å². The molecule has 0 spiro atoms. The van der Waals surface area contributed by atoms with Crippen LogP contribution < -0.4 is 4.74 Å². The number of furan rings is 1. The Morgan fingerprint density at radius 3 is 2.53 bits per heavy atom. The topological polar surface area (TPSA) is 68.5 Å². The molecule has 1 amide bonds. The van der Waals surface area contributed by atoms with Crippen molar-refractivity contribution in [2.24, 2.45) is 0 Å². The number of nitrogens with zero attached hydrogens (tertiary/aromatic N) is 3. The molecule has 4 aromatic rings. The Balaban J connectivity index is 1.54. The summed E-state index contributed by atoms with van der Waals surface area (Å²) in [7, 11) is 1.66. The highest BCUT2D eigenvalue weighted by molar-refractivity contribution is 7.98. The molecule has 32 heavy (non-hydrogen) atoms. The Morgan fingerprint density at radius 1 is 1.09 bits per heavy atom. The van der Waals surface area contributed by atoms with Crippen LogP contribution in [0.4, 0.5) is 8.78 Å². The Labute approximate surface area is 187 Å². The molecule has 0 saturated carbocycles. The van der Waals surface area contributed by atoms with Crippen LogP contribution in [-0.4, -0.2) is 34.4 Å². The lowest BCUT2D eigenvalue weighted by atomic mass is 10.1. The SMILES string of the molecule is CN(Cc1ccc(OC(F)F)cc1)C(=O)c1oc2ccccc2c1CSc1ncccn1. The standard InChI is InChI=1S/C23H19F2N3O3S/c1-28(13-15-7-9-16(10-8-15)30-22(24)25)21(29)20-18(14-32-23-26-11-4-12-27-23)17-5-2-3-6-19(17)31-20/h2-12,22H,13-14H2,1H3. The summed E-state index contributed by atoms with van der Waals surface area (Å²) in [4.78, 5) is 23.2. The summed E-state index contributed by atoms with van der Waals surface area (Å²) in [6.45, 7) is -2.60. The van der Waals surface area contributed by atoms with E-state index in [0.29, 0.717) is 16.5 Å². The molecule has 0 atom stereocenters. The maximum atomic E-state index is 13.2. The van der Waals surface area contributed by atoms with Gasteiger partial charge in [-0.15, -0.1) is 0 Å². The first-order valence-corrected chi connectivity index (χ1v) is 10.7. The highest BCUT2D eigenvalue weighted by Gasteiger charge is 2.24. The second-order valence-electron chi connectivity index (χ2n) is 6.91. The fraction of sp³-hybridized carbons (Fsp3) is 0.174. The van der Waals surface area contributed by atoms with E-state index < -0.39 is 6.61 Å². The molecular formula is C23H19F2N3O3S. The van der Waals surface area contributed by atoms with Crippen LogP contribution in [0.5, 0.6) is 5.75 Å². The van der Waals surface area contributed by atoms with Crippen molar-refractivity contribution in [2.75, 3.05) is 7.05 Å². The number of para-hydroxylation sites is 1. The molecule has 2 heterocycles. The number of hydrogen-bond donors (Lipinski definition) is 0. The van der Waals surface area contributed by atoms with Crippen molar-refractivity contribution in [3.8, 4) is 5.75 Å². The average Bonchev–Trinajstić information content (AvgIpc) is 3.17. The van der Waals surface area contributed by atoms with Gasteiger partial charge in [-0.3, -0.25) is 4.79 Å². The van der Waals surface area contributed by atoms with E-state index in [9.17, 15) is 13.6 Å². The first kappa shape index (κ1) is 21.8. The molecule has 0 aliphatic heterocycles. The number of alkyl halides is 2. The summed E-state index contributed by atoms with van der Waals surface area (Å²) in [6.07, 6.45) is 3.33. The molecule has 9 heteroatoms. The van der Waals surface area contributed by atoms with E-state index in [1.54, 1.807) is 37.6 Å². The van der Waals surface area contributed by atoms with Crippen LogP contribution in [0.15, 0.2) is 76.6 Å². The minimum Gasteiger partial charge on any atom is -0.451 e. The van der Waals surface area contributed by atoms with Crippen LogP contribution in [0.3, 0.4) is 0 Å². The Hall–Kier alpha value is -3.46. The average molecular weight is 455 g/mol. The van der Waals surface area contributed by atoms with Crippen LogP contribution >= 0.6 is 11.8 Å². The Bertz CT molecular complexity index is 1200. The van der Waals surface area contributed by atoms with Gasteiger partial charge in [-0.2, -0.15) is 8.78 Å². The highest BCUT2D eigenvalue weighted by atomic mass is 32.2. The smallest absolute Gasteiger partial charge is 0.387 e. The molecule has 2 aromatic heterocycles. The van der Waals surface area contributed by atoms with E-state index in [1.165, 1.54) is 28.8 Å². The number of halogens is 2. The number of amides is 1. The minimum atomic E-state index is -2.88. The number of carbonyl (C=O) groups excluding carboxylic acids is 1. The molecule has 0 N–H and O–H groups in total. The number of thioether (sulfide) groups is 1. The zero-order chi connectivity index (χ0) is 22.5. The van der Waals surface area contributed by atoms with E-state index in [2.05, 4.69) is 14.7 Å². The third-order valence-corrected chi connectivity index (χ3v) is 5.60. The van der Waals surface area contributed by atoms with Gasteiger partial charge in [-0.05, 0) is 29.8 Å². The predicted octanol–water partition coefficient (Wildman–Crippen LogP) is 5.39. The maximum absolute atomic E-state index is 13.2. The fourth-order valence-corrected chi connectivity index (χ4v) is 4.04. The van der Waals surface area contributed by atoms with E-state index in [4.69, 9.17) is 4.42 Å². The number of hydrogen-bond acceptors (Lipinski definition) is 6. The van der Waals surface area contributed by atoms with Gasteiger partial charge in [0.2, 0.25) is 0 Å². The lowest BCUT2D eigenvalue weighted by molar-refractivity contribution is -0.0498. The van der Waals surface area contributed by atoms with Crippen molar-refractivity contribution in [3.05, 3.63) is 83.9 Å². The van der Waals surface area contributed by atoms with Crippen LogP contribution in [0.25, 0.3) is 11.0 Å². The van der Waals surface area contributed by atoms with Gasteiger partial charge in [-0.25, -0.2) is 9.97 Å². The summed E-state index contributed by atoms with van der Waals surface area (Å²) < 4.78 is 34.9. The molecule has 6 nitrogen and oxygen atoms in total. The van der Waals surface area contributed by atoms with Crippen LogP contribution in [-0.2, 0) is 12.3 Å². The van der Waals surface area contributed by atoms with Gasteiger partial charge >= 0.3 is 6.61 Å². The lowest BCUT2D eigenvalue weighted by Gasteiger charge is -2.17. The summed E-state index contributed by atoms with van der Waals surface area (Å²) in [6, 6.07) is 15.4. The van der Waals surface area contributed by atoms with Crippen molar-refractivity contribution in [1.29, 1.82) is 0 Å². The van der Waals surface area contributed by atoms with E-state index in [1.807, 2.05) is 24.3 Å². The monoisotopic (exact) mass is 455 g/mol. The van der Waals surface area contributed by atoms with Gasteiger partial charge in [-0.1, -0.05) is 42.1 Å². The number of rotatable bonds is 8. The van der Waals surface area contributed by atoms with E-state index in [0.717, 1.165) is 16.5 Å². The van der Waals surface area contributed by atoms with Gasteiger partial charge < -0.3 is 14.1 Å². The van der Waals surface area contributed by atoms with Gasteiger partial charge in [0.15, 0.2) is 10.9 Å². The fourth-order valence-electron chi connectivity index (χ4n) is 3.21. The molecule has 0 saturated heterocycles. The maximum Gasteiger partial charge on any atom is 0.387 e. The van der Waals surface area contributed by atoms with Crippen molar-refractivity contribution >= 4 is 28.6 Å². The van der Waals surface area contributed by atoms with Gasteiger partial charge in [0, 0.05) is 42.7 Å². The molecule has 0 fully saturated rings. The quantitative estimate of drug-likeness (QED) is 0.262. The molecule has 4 rings (SSSR count). The van der Waals surface area contributed by atoms with Gasteiger partial charge in [0.05, 0.1) is 0 Å². The Morgan fingerprint density at radius 2 is 1.81 bits per heavy atom. The normalized spacial score (nSPS) is 11.1. The molecule has 0 radical (unpaired) electrons. The lowest BCUT2D eigenvalue weighted by Crippen LogP contribution is -2.26. The molecule has 164 valence electrons. The van der Waals surface area contributed by atoms with E-state index in [-0.39, 0.29) is 24.0 Å². The summed E-state index contributed by atoms with van der Waals surface area (Å²) in [5, 5.41) is 1.47. The summed E-state index contributed by atoms with van der Waals surface area (Å²) in [5.41, 5.74) is 2.17. The van der Waals surface area contributed by atoms with Crippen LogP contribution in [0.1, 0.15) is 21.7 Å². The predicted molar refractivity (Wildman–Crippen MR) is 117 cm³/mol. The number of benzene rings is 2. The number of ether oxygens (including phenoxy) is 1. The summed E-state index contributed by atoms with van der Waals surface area (Å²) >= 11 is 1.42. The zero-order valence-electron chi connectivity index (χ0n) is 17.1. The van der Waals surface area contributed by atoms with Crippen molar-refractivity contribution in [3.63, 3.8) is 0 Å².